The molecule has 3 nitrogen and oxygen atoms in total. The van der Waals surface area contributed by atoms with Gasteiger partial charge in [-0.3, -0.25) is 0 Å². The number of oxazole rings is 1. The van der Waals surface area contributed by atoms with E-state index < -0.39 is 0 Å². The molecular weight excluding hydrogens is 536 g/mol. The molecule has 0 N–H and O–H groups in total. The lowest BCUT2D eigenvalue weighted by molar-refractivity contribution is 0.620. The highest BCUT2D eigenvalue weighted by Crippen LogP contribution is 2.45. The molecule has 8 aromatic rings. The van der Waals surface area contributed by atoms with Gasteiger partial charge in [-0.05, 0) is 47.0 Å². The lowest BCUT2D eigenvalue weighted by Gasteiger charge is -2.29. The monoisotopic (exact) mass is 564 g/mol. The minimum absolute atomic E-state index is 0.617. The molecule has 0 radical (unpaired) electrons. The van der Waals surface area contributed by atoms with E-state index in [1.165, 1.54) is 11.1 Å². The summed E-state index contributed by atoms with van der Waals surface area (Å²) in [5, 5.41) is 2.15. The fourth-order valence-electron chi connectivity index (χ4n) is 6.00. The number of rotatable bonds is 6. The van der Waals surface area contributed by atoms with Crippen LogP contribution < -0.4 is 4.90 Å². The Morgan fingerprint density at radius 3 is 1.68 bits per heavy atom. The molecule has 0 bridgehead atoms. The van der Waals surface area contributed by atoms with Crippen LogP contribution in [0, 0.1) is 0 Å². The van der Waals surface area contributed by atoms with Crippen LogP contribution >= 0.6 is 0 Å². The van der Waals surface area contributed by atoms with Gasteiger partial charge in [0, 0.05) is 33.7 Å². The van der Waals surface area contributed by atoms with Gasteiger partial charge in [-0.15, -0.1) is 0 Å². The maximum Gasteiger partial charge on any atom is 0.227 e. The Morgan fingerprint density at radius 2 is 0.977 bits per heavy atom. The van der Waals surface area contributed by atoms with Gasteiger partial charge in [-0.2, -0.15) is 0 Å². The topological polar surface area (TPSA) is 29.3 Å². The third-order valence-electron chi connectivity index (χ3n) is 8.10. The second-order valence-electron chi connectivity index (χ2n) is 10.8. The van der Waals surface area contributed by atoms with E-state index >= 15 is 0 Å². The SMILES string of the molecule is c1ccc(-c2ccc(N(c3ccccc3-c3ccccc3)c3cc4oc(-c5ccccc5)nc4c4ccccc34)cc2)cc1. The van der Waals surface area contributed by atoms with Gasteiger partial charge in [0.15, 0.2) is 5.58 Å². The van der Waals surface area contributed by atoms with Crippen molar-refractivity contribution in [2.75, 3.05) is 4.90 Å². The Morgan fingerprint density at radius 1 is 0.432 bits per heavy atom. The largest absolute Gasteiger partial charge is 0.436 e. The first-order valence-electron chi connectivity index (χ1n) is 14.8. The van der Waals surface area contributed by atoms with Crippen LogP contribution in [-0.4, -0.2) is 4.98 Å². The molecule has 0 aliphatic heterocycles. The van der Waals surface area contributed by atoms with E-state index in [1.54, 1.807) is 0 Å². The summed E-state index contributed by atoms with van der Waals surface area (Å²) >= 11 is 0. The molecule has 0 saturated carbocycles. The smallest absolute Gasteiger partial charge is 0.227 e. The molecule has 0 atom stereocenters. The van der Waals surface area contributed by atoms with Crippen LogP contribution in [0.15, 0.2) is 174 Å². The summed E-state index contributed by atoms with van der Waals surface area (Å²) < 4.78 is 6.48. The highest BCUT2D eigenvalue weighted by atomic mass is 16.3. The quantitative estimate of drug-likeness (QED) is 0.201. The van der Waals surface area contributed by atoms with Crippen LogP contribution in [-0.2, 0) is 0 Å². The summed E-state index contributed by atoms with van der Waals surface area (Å²) in [5.41, 5.74) is 10.4. The second kappa shape index (κ2) is 11.0. The van der Waals surface area contributed by atoms with E-state index in [0.717, 1.165) is 55.6 Å². The van der Waals surface area contributed by atoms with Crippen molar-refractivity contribution in [2.45, 2.75) is 0 Å². The van der Waals surface area contributed by atoms with E-state index in [0.29, 0.717) is 5.89 Å². The van der Waals surface area contributed by atoms with Crippen LogP contribution in [0.25, 0.3) is 55.6 Å². The lowest BCUT2D eigenvalue weighted by atomic mass is 9.99. The molecular formula is C41H28N2O. The lowest BCUT2D eigenvalue weighted by Crippen LogP contribution is -2.12. The third-order valence-corrected chi connectivity index (χ3v) is 8.10. The molecule has 1 heterocycles. The zero-order chi connectivity index (χ0) is 29.3. The number of benzene rings is 7. The zero-order valence-electron chi connectivity index (χ0n) is 24.0. The Labute approximate surface area is 256 Å². The second-order valence-corrected chi connectivity index (χ2v) is 10.8. The summed E-state index contributed by atoms with van der Waals surface area (Å²) in [6.45, 7) is 0. The first kappa shape index (κ1) is 25.8. The van der Waals surface area contributed by atoms with Gasteiger partial charge in [-0.25, -0.2) is 4.98 Å². The first-order valence-corrected chi connectivity index (χ1v) is 14.8. The summed E-state index contributed by atoms with van der Waals surface area (Å²) in [5.74, 6) is 0.617. The van der Waals surface area contributed by atoms with E-state index in [-0.39, 0.29) is 0 Å². The van der Waals surface area contributed by atoms with Crippen molar-refractivity contribution in [1.82, 2.24) is 4.98 Å². The molecule has 208 valence electrons. The molecule has 7 aromatic carbocycles. The third kappa shape index (κ3) is 4.61. The van der Waals surface area contributed by atoms with Crippen LogP contribution in [0.4, 0.5) is 17.1 Å². The molecule has 1 aromatic heterocycles. The van der Waals surface area contributed by atoms with Crippen molar-refractivity contribution < 1.29 is 4.42 Å². The summed E-state index contributed by atoms with van der Waals surface area (Å²) in [6.07, 6.45) is 0. The number of aromatic nitrogens is 1. The van der Waals surface area contributed by atoms with E-state index in [1.807, 2.05) is 36.4 Å². The molecule has 0 amide bonds. The van der Waals surface area contributed by atoms with Crippen molar-refractivity contribution in [3.8, 4) is 33.7 Å². The Kier molecular flexibility index (Phi) is 6.47. The van der Waals surface area contributed by atoms with Crippen molar-refractivity contribution >= 4 is 38.9 Å². The van der Waals surface area contributed by atoms with E-state index in [2.05, 4.69) is 138 Å². The molecule has 0 aliphatic rings. The van der Waals surface area contributed by atoms with Gasteiger partial charge in [0.1, 0.15) is 5.52 Å². The fraction of sp³-hybridized carbons (Fsp3) is 0. The molecule has 44 heavy (non-hydrogen) atoms. The average molecular weight is 565 g/mol. The van der Waals surface area contributed by atoms with Crippen LogP contribution in [0.2, 0.25) is 0 Å². The molecule has 8 rings (SSSR count). The summed E-state index contributed by atoms with van der Waals surface area (Å²) in [6, 6.07) is 59.2. The van der Waals surface area contributed by atoms with Crippen molar-refractivity contribution in [1.29, 1.82) is 0 Å². The zero-order valence-corrected chi connectivity index (χ0v) is 24.0. The maximum absolute atomic E-state index is 6.48. The molecule has 0 fully saturated rings. The van der Waals surface area contributed by atoms with Gasteiger partial charge in [-0.1, -0.05) is 133 Å². The normalized spacial score (nSPS) is 11.2. The van der Waals surface area contributed by atoms with Gasteiger partial charge < -0.3 is 9.32 Å². The Bertz CT molecular complexity index is 2200. The average Bonchev–Trinajstić information content (AvgIpc) is 3.55. The Balaban J connectivity index is 1.38. The highest BCUT2D eigenvalue weighted by molar-refractivity contribution is 6.12. The number of hydrogen-bond acceptors (Lipinski definition) is 3. The van der Waals surface area contributed by atoms with Crippen molar-refractivity contribution in [3.63, 3.8) is 0 Å². The van der Waals surface area contributed by atoms with E-state index in [4.69, 9.17) is 9.40 Å². The molecule has 0 aliphatic carbocycles. The Hall–Kier alpha value is -5.93. The fourth-order valence-corrected chi connectivity index (χ4v) is 6.00. The van der Waals surface area contributed by atoms with Gasteiger partial charge in [0.2, 0.25) is 5.89 Å². The summed E-state index contributed by atoms with van der Waals surface area (Å²) in [4.78, 5) is 7.33. The minimum atomic E-state index is 0.617. The van der Waals surface area contributed by atoms with E-state index in [9.17, 15) is 0 Å². The van der Waals surface area contributed by atoms with Gasteiger partial charge >= 0.3 is 0 Å². The first-order chi connectivity index (χ1) is 21.8. The summed E-state index contributed by atoms with van der Waals surface area (Å²) in [7, 11) is 0. The number of anilines is 3. The molecule has 3 heteroatoms. The maximum atomic E-state index is 6.48. The van der Waals surface area contributed by atoms with Gasteiger partial charge in [0.25, 0.3) is 0 Å². The number of para-hydroxylation sites is 1. The van der Waals surface area contributed by atoms with Crippen LogP contribution in [0.5, 0.6) is 0 Å². The number of fused-ring (bicyclic) bond motifs is 3. The molecule has 0 unspecified atom stereocenters. The van der Waals surface area contributed by atoms with Crippen LogP contribution in [0.3, 0.4) is 0 Å². The molecule has 0 saturated heterocycles. The number of nitrogens with zero attached hydrogens (tertiary/aromatic N) is 2. The number of hydrogen-bond donors (Lipinski definition) is 0. The standard InChI is InChI=1S/C41H28N2O/c1-4-14-29(15-5-1)30-24-26-33(27-25-30)43(37-23-13-12-20-34(37)31-16-6-2-7-17-31)38-28-39-40(36-22-11-10-21-35(36)38)42-41(44-39)32-18-8-3-9-19-32/h1-28H. The molecule has 0 spiro atoms. The highest BCUT2D eigenvalue weighted by Gasteiger charge is 2.22. The van der Waals surface area contributed by atoms with Crippen LogP contribution in [0.1, 0.15) is 0 Å². The predicted molar refractivity (Wildman–Crippen MR) is 183 cm³/mol. The van der Waals surface area contributed by atoms with Gasteiger partial charge in [0.05, 0.1) is 11.4 Å². The minimum Gasteiger partial charge on any atom is -0.436 e. The van der Waals surface area contributed by atoms with Crippen molar-refractivity contribution in [2.24, 2.45) is 0 Å². The van der Waals surface area contributed by atoms with Crippen molar-refractivity contribution in [3.05, 3.63) is 170 Å². The predicted octanol–water partition coefficient (Wildman–Crippen LogP) is 11.5.